The van der Waals surface area contributed by atoms with Gasteiger partial charge in [0.05, 0.1) is 23.8 Å². The second-order valence-electron chi connectivity index (χ2n) is 8.18. The number of hydrogen-bond donors (Lipinski definition) is 0. The topological polar surface area (TPSA) is 59.1 Å². The highest BCUT2D eigenvalue weighted by Gasteiger charge is 2.52. The van der Waals surface area contributed by atoms with Gasteiger partial charge in [-0.15, -0.1) is 0 Å². The minimum absolute atomic E-state index is 0.173. The van der Waals surface area contributed by atoms with Crippen molar-refractivity contribution in [2.75, 3.05) is 19.1 Å². The lowest BCUT2D eigenvalue weighted by Crippen LogP contribution is -2.65. The number of methoxy groups -OCH3 is 2. The van der Waals surface area contributed by atoms with E-state index in [2.05, 4.69) is 0 Å². The molecule has 7 heteroatoms. The van der Waals surface area contributed by atoms with Crippen LogP contribution < -0.4 is 4.90 Å². The van der Waals surface area contributed by atoms with Gasteiger partial charge in [-0.1, -0.05) is 35.9 Å². The van der Waals surface area contributed by atoms with Crippen LogP contribution in [-0.4, -0.2) is 49.3 Å². The number of fused-ring (bicyclic) bond motifs is 1. The van der Waals surface area contributed by atoms with E-state index in [0.29, 0.717) is 30.1 Å². The molecule has 0 N–H and O–H groups in total. The van der Waals surface area contributed by atoms with E-state index in [1.54, 1.807) is 38.5 Å². The van der Waals surface area contributed by atoms with E-state index in [1.807, 2.05) is 36.1 Å². The summed E-state index contributed by atoms with van der Waals surface area (Å²) >= 11 is 6.03. The van der Waals surface area contributed by atoms with Crippen LogP contribution >= 0.6 is 11.6 Å². The Bertz CT molecular complexity index is 964. The van der Waals surface area contributed by atoms with Crippen LogP contribution in [0.2, 0.25) is 5.02 Å². The highest BCUT2D eigenvalue weighted by molar-refractivity contribution is 6.30. The van der Waals surface area contributed by atoms with E-state index in [0.717, 1.165) is 11.1 Å². The molecular weight excluding hydrogens is 416 g/mol. The summed E-state index contributed by atoms with van der Waals surface area (Å²) in [5, 5.41) is 0.551. The van der Waals surface area contributed by atoms with Gasteiger partial charge in [-0.2, -0.15) is 0 Å². The van der Waals surface area contributed by atoms with Gasteiger partial charge in [-0.3, -0.25) is 4.79 Å². The van der Waals surface area contributed by atoms with Crippen LogP contribution in [0.5, 0.6) is 0 Å². The lowest BCUT2D eigenvalue weighted by atomic mass is 9.77. The summed E-state index contributed by atoms with van der Waals surface area (Å²) in [6, 6.07) is 14.2. The SMILES string of the molecule is COC1CC2C(=O)N(c3ccc(Cl)cc3)C(=O)N(Cc3ccccc3C)C2CC1OC. The van der Waals surface area contributed by atoms with Crippen LogP contribution in [0, 0.1) is 12.8 Å². The summed E-state index contributed by atoms with van der Waals surface area (Å²) in [5.41, 5.74) is 2.69. The molecule has 2 aliphatic rings. The second kappa shape index (κ2) is 8.99. The zero-order chi connectivity index (χ0) is 22.1. The van der Waals surface area contributed by atoms with Crippen molar-refractivity contribution in [2.24, 2.45) is 5.92 Å². The minimum Gasteiger partial charge on any atom is -0.379 e. The molecule has 0 aromatic heterocycles. The third-order valence-corrected chi connectivity index (χ3v) is 6.76. The van der Waals surface area contributed by atoms with Gasteiger partial charge in [-0.05, 0) is 55.2 Å². The smallest absolute Gasteiger partial charge is 0.331 e. The van der Waals surface area contributed by atoms with Crippen LogP contribution in [0.1, 0.15) is 24.0 Å². The largest absolute Gasteiger partial charge is 0.379 e. The molecular formula is C24H27ClN2O4. The van der Waals surface area contributed by atoms with Crippen molar-refractivity contribution in [2.45, 2.75) is 44.6 Å². The molecule has 1 heterocycles. The molecule has 0 spiro atoms. The van der Waals surface area contributed by atoms with Crippen molar-refractivity contribution < 1.29 is 19.1 Å². The standard InChI is InChI=1S/C24H27ClN2O4/c1-15-6-4-5-7-16(15)14-26-20-13-22(31-3)21(30-2)12-19(20)23(28)27(24(26)29)18-10-8-17(25)9-11-18/h4-11,19-22H,12-14H2,1-3H3. The normalized spacial score (nSPS) is 26.2. The first-order chi connectivity index (χ1) is 14.9. The van der Waals surface area contributed by atoms with Crippen LogP contribution in [0.4, 0.5) is 10.5 Å². The molecule has 2 aromatic carbocycles. The number of hydrogen-bond acceptors (Lipinski definition) is 4. The first-order valence-electron chi connectivity index (χ1n) is 10.4. The third-order valence-electron chi connectivity index (χ3n) is 6.51. The molecule has 1 aliphatic heterocycles. The van der Waals surface area contributed by atoms with Crippen molar-refractivity contribution in [1.29, 1.82) is 0 Å². The number of aryl methyl sites for hydroxylation is 1. The molecule has 4 atom stereocenters. The highest BCUT2D eigenvalue weighted by Crippen LogP contribution is 2.39. The van der Waals surface area contributed by atoms with Gasteiger partial charge < -0.3 is 14.4 Å². The summed E-state index contributed by atoms with van der Waals surface area (Å²) in [4.78, 5) is 30.3. The van der Waals surface area contributed by atoms with E-state index < -0.39 is 0 Å². The molecule has 1 saturated carbocycles. The van der Waals surface area contributed by atoms with Crippen LogP contribution in [0.15, 0.2) is 48.5 Å². The summed E-state index contributed by atoms with van der Waals surface area (Å²) in [6.07, 6.45) is 0.682. The number of carbonyl (C=O) groups excluding carboxylic acids is 2. The Hall–Kier alpha value is -2.41. The first kappa shape index (κ1) is 21.8. The average Bonchev–Trinajstić information content (AvgIpc) is 2.78. The maximum atomic E-state index is 13.7. The van der Waals surface area contributed by atoms with Gasteiger partial charge in [0.2, 0.25) is 5.91 Å². The Labute approximate surface area is 187 Å². The van der Waals surface area contributed by atoms with Gasteiger partial charge in [0.1, 0.15) is 0 Å². The number of benzene rings is 2. The summed E-state index contributed by atoms with van der Waals surface area (Å²) in [6.45, 7) is 2.46. The van der Waals surface area contributed by atoms with Gasteiger partial charge >= 0.3 is 6.03 Å². The number of rotatable bonds is 5. The maximum Gasteiger partial charge on any atom is 0.331 e. The number of carbonyl (C=O) groups is 2. The summed E-state index contributed by atoms with van der Waals surface area (Å²) in [7, 11) is 3.28. The fourth-order valence-electron chi connectivity index (χ4n) is 4.73. The number of ether oxygens (including phenoxy) is 2. The van der Waals surface area contributed by atoms with Gasteiger partial charge in [0, 0.05) is 31.8 Å². The quantitative estimate of drug-likeness (QED) is 0.687. The fraction of sp³-hybridized carbons (Fsp3) is 0.417. The molecule has 31 heavy (non-hydrogen) atoms. The summed E-state index contributed by atoms with van der Waals surface area (Å²) in [5.74, 6) is -0.566. The number of amides is 3. The first-order valence-corrected chi connectivity index (χ1v) is 10.8. The molecule has 164 valence electrons. The van der Waals surface area contributed by atoms with Crippen LogP contribution in [-0.2, 0) is 20.8 Å². The third kappa shape index (κ3) is 4.07. The van der Waals surface area contributed by atoms with Gasteiger partial charge in [0.25, 0.3) is 0 Å². The van der Waals surface area contributed by atoms with Gasteiger partial charge in [0.15, 0.2) is 0 Å². The number of urea groups is 1. The molecule has 2 aromatic rings. The van der Waals surface area contributed by atoms with Gasteiger partial charge in [-0.25, -0.2) is 9.69 Å². The summed E-state index contributed by atoms with van der Waals surface area (Å²) < 4.78 is 11.3. The predicted molar refractivity (Wildman–Crippen MR) is 119 cm³/mol. The maximum absolute atomic E-state index is 13.7. The van der Waals surface area contributed by atoms with Crippen molar-refractivity contribution in [3.05, 3.63) is 64.7 Å². The van der Waals surface area contributed by atoms with E-state index in [4.69, 9.17) is 21.1 Å². The second-order valence-corrected chi connectivity index (χ2v) is 8.62. The Morgan fingerprint density at radius 3 is 2.26 bits per heavy atom. The van der Waals surface area contributed by atoms with Crippen LogP contribution in [0.3, 0.4) is 0 Å². The van der Waals surface area contributed by atoms with Crippen molar-refractivity contribution in [3.8, 4) is 0 Å². The molecule has 0 bridgehead atoms. The molecule has 4 rings (SSSR count). The minimum atomic E-state index is -0.367. The van der Waals surface area contributed by atoms with E-state index in [-0.39, 0.29) is 36.1 Å². The van der Waals surface area contributed by atoms with Crippen molar-refractivity contribution in [3.63, 3.8) is 0 Å². The van der Waals surface area contributed by atoms with E-state index in [1.165, 1.54) is 4.90 Å². The molecule has 0 radical (unpaired) electrons. The number of anilines is 1. The van der Waals surface area contributed by atoms with Crippen LogP contribution in [0.25, 0.3) is 0 Å². The predicted octanol–water partition coefficient (Wildman–Crippen LogP) is 4.43. The highest BCUT2D eigenvalue weighted by atomic mass is 35.5. The van der Waals surface area contributed by atoms with E-state index >= 15 is 0 Å². The Kier molecular flexibility index (Phi) is 6.32. The Morgan fingerprint density at radius 1 is 0.968 bits per heavy atom. The molecule has 1 aliphatic carbocycles. The molecule has 4 unspecified atom stereocenters. The zero-order valence-corrected chi connectivity index (χ0v) is 18.7. The number of nitrogens with zero attached hydrogens (tertiary/aromatic N) is 2. The van der Waals surface area contributed by atoms with Crippen molar-refractivity contribution >= 4 is 29.2 Å². The number of imide groups is 1. The number of halogens is 1. The van der Waals surface area contributed by atoms with Crippen molar-refractivity contribution in [1.82, 2.24) is 4.90 Å². The molecule has 1 saturated heterocycles. The fourth-order valence-corrected chi connectivity index (χ4v) is 4.86. The lowest BCUT2D eigenvalue weighted by Gasteiger charge is -2.50. The Balaban J connectivity index is 1.74. The molecule has 6 nitrogen and oxygen atoms in total. The molecule has 2 fully saturated rings. The lowest BCUT2D eigenvalue weighted by molar-refractivity contribution is -0.137. The van der Waals surface area contributed by atoms with E-state index in [9.17, 15) is 9.59 Å². The zero-order valence-electron chi connectivity index (χ0n) is 18.0. The average molecular weight is 443 g/mol. The Morgan fingerprint density at radius 2 is 1.61 bits per heavy atom. The monoisotopic (exact) mass is 442 g/mol. The molecule has 3 amide bonds.